The number of carbonyl (C=O) groups excluding carboxylic acids is 1. The van der Waals surface area contributed by atoms with Crippen LogP contribution in [0.25, 0.3) is 0 Å². The van der Waals surface area contributed by atoms with Gasteiger partial charge in [-0.1, -0.05) is 36.8 Å². The Morgan fingerprint density at radius 3 is 2.58 bits per heavy atom. The van der Waals surface area contributed by atoms with E-state index in [4.69, 9.17) is 4.74 Å². The van der Waals surface area contributed by atoms with Crippen molar-refractivity contribution in [1.29, 1.82) is 0 Å². The highest BCUT2D eigenvalue weighted by atomic mass is 16.5. The first-order chi connectivity index (χ1) is 11.5. The van der Waals surface area contributed by atoms with Crippen molar-refractivity contribution in [2.75, 3.05) is 13.2 Å². The van der Waals surface area contributed by atoms with Gasteiger partial charge in [0.05, 0.1) is 6.61 Å². The predicted molar refractivity (Wildman–Crippen MR) is 91.9 cm³/mol. The van der Waals surface area contributed by atoms with E-state index >= 15 is 0 Å². The van der Waals surface area contributed by atoms with E-state index in [9.17, 15) is 14.7 Å². The lowest BCUT2D eigenvalue weighted by Gasteiger charge is -2.28. The lowest BCUT2D eigenvalue weighted by Crippen LogP contribution is -2.48. The van der Waals surface area contributed by atoms with Gasteiger partial charge in [0.1, 0.15) is 6.04 Å². The molecule has 0 saturated carbocycles. The highest BCUT2D eigenvalue weighted by Crippen LogP contribution is 2.24. The summed E-state index contributed by atoms with van der Waals surface area (Å²) in [5, 5.41) is 12.2. The third kappa shape index (κ3) is 5.06. The molecule has 3 atom stereocenters. The Balaban J connectivity index is 1.98. The van der Waals surface area contributed by atoms with Crippen molar-refractivity contribution >= 4 is 11.9 Å². The summed E-state index contributed by atoms with van der Waals surface area (Å²) >= 11 is 0. The first-order valence-corrected chi connectivity index (χ1v) is 8.67. The molecule has 5 nitrogen and oxygen atoms in total. The number of hydrogen-bond acceptors (Lipinski definition) is 3. The van der Waals surface area contributed by atoms with Crippen LogP contribution in [-0.4, -0.2) is 36.2 Å². The SMILES string of the molecule is CCC(CC(=O)NC(C(=O)O)C1CCCOC1)c1ccc(C)cc1. The molecule has 0 aliphatic carbocycles. The molecule has 24 heavy (non-hydrogen) atoms. The zero-order valence-corrected chi connectivity index (χ0v) is 14.5. The summed E-state index contributed by atoms with van der Waals surface area (Å²) in [6, 6.07) is 7.29. The van der Waals surface area contributed by atoms with Crippen molar-refractivity contribution in [1.82, 2.24) is 5.32 Å². The second-order valence-corrected chi connectivity index (χ2v) is 6.58. The number of carbonyl (C=O) groups is 2. The first-order valence-electron chi connectivity index (χ1n) is 8.67. The molecule has 1 heterocycles. The van der Waals surface area contributed by atoms with Crippen LogP contribution in [0.4, 0.5) is 0 Å². The molecule has 1 aromatic carbocycles. The summed E-state index contributed by atoms with van der Waals surface area (Å²) in [6.45, 7) is 5.14. The molecule has 0 bridgehead atoms. The van der Waals surface area contributed by atoms with E-state index in [-0.39, 0.29) is 17.7 Å². The van der Waals surface area contributed by atoms with Gasteiger partial charge in [-0.25, -0.2) is 4.79 Å². The molecule has 2 rings (SSSR count). The number of hydrogen-bond donors (Lipinski definition) is 2. The molecule has 1 fully saturated rings. The van der Waals surface area contributed by atoms with Crippen LogP contribution in [-0.2, 0) is 14.3 Å². The summed E-state index contributed by atoms with van der Waals surface area (Å²) < 4.78 is 5.36. The van der Waals surface area contributed by atoms with Crippen LogP contribution < -0.4 is 5.32 Å². The molecule has 1 amide bonds. The molecule has 0 aromatic heterocycles. The average molecular weight is 333 g/mol. The van der Waals surface area contributed by atoms with Gasteiger partial charge in [0.2, 0.25) is 5.91 Å². The summed E-state index contributed by atoms with van der Waals surface area (Å²) in [5.41, 5.74) is 2.30. The van der Waals surface area contributed by atoms with Crippen LogP contribution in [0.1, 0.15) is 49.7 Å². The number of carboxylic acid groups (broad SMARTS) is 1. The van der Waals surface area contributed by atoms with Crippen LogP contribution in [0, 0.1) is 12.8 Å². The predicted octanol–water partition coefficient (Wildman–Crippen LogP) is 2.87. The first kappa shape index (κ1) is 18.5. The second-order valence-electron chi connectivity index (χ2n) is 6.58. The van der Waals surface area contributed by atoms with Crippen molar-refractivity contribution in [2.45, 2.75) is 51.5 Å². The van der Waals surface area contributed by atoms with Crippen molar-refractivity contribution < 1.29 is 19.4 Å². The number of benzene rings is 1. The van der Waals surface area contributed by atoms with Gasteiger partial charge in [-0.15, -0.1) is 0 Å². The third-order valence-electron chi connectivity index (χ3n) is 4.72. The van der Waals surface area contributed by atoms with E-state index in [0.29, 0.717) is 19.6 Å². The van der Waals surface area contributed by atoms with Crippen molar-refractivity contribution in [2.24, 2.45) is 5.92 Å². The fourth-order valence-corrected chi connectivity index (χ4v) is 3.20. The number of aliphatic carboxylic acids is 1. The number of carboxylic acids is 1. The van der Waals surface area contributed by atoms with Gasteiger partial charge in [0.25, 0.3) is 0 Å². The molecule has 0 radical (unpaired) electrons. The van der Waals surface area contributed by atoms with Gasteiger partial charge in [-0.2, -0.15) is 0 Å². The largest absolute Gasteiger partial charge is 0.480 e. The zero-order chi connectivity index (χ0) is 17.5. The van der Waals surface area contributed by atoms with E-state index < -0.39 is 12.0 Å². The Morgan fingerprint density at radius 2 is 2.04 bits per heavy atom. The maximum absolute atomic E-state index is 12.4. The topological polar surface area (TPSA) is 75.6 Å². The van der Waals surface area contributed by atoms with Crippen LogP contribution >= 0.6 is 0 Å². The Bertz CT molecular complexity index is 549. The number of ether oxygens (including phenoxy) is 1. The highest BCUT2D eigenvalue weighted by Gasteiger charge is 2.31. The molecule has 2 N–H and O–H groups in total. The molecular weight excluding hydrogens is 306 g/mol. The van der Waals surface area contributed by atoms with Crippen molar-refractivity contribution in [3.05, 3.63) is 35.4 Å². The monoisotopic (exact) mass is 333 g/mol. The quantitative estimate of drug-likeness (QED) is 0.804. The lowest BCUT2D eigenvalue weighted by molar-refractivity contribution is -0.145. The van der Waals surface area contributed by atoms with E-state index in [0.717, 1.165) is 24.8 Å². The second kappa shape index (κ2) is 8.83. The van der Waals surface area contributed by atoms with E-state index in [1.807, 2.05) is 38.1 Å². The Labute approximate surface area is 143 Å². The summed E-state index contributed by atoms with van der Waals surface area (Å²) in [6.07, 6.45) is 2.75. The Kier molecular flexibility index (Phi) is 6.79. The molecule has 5 heteroatoms. The van der Waals surface area contributed by atoms with Crippen LogP contribution in [0.15, 0.2) is 24.3 Å². The maximum atomic E-state index is 12.4. The molecule has 1 aliphatic rings. The molecule has 1 aromatic rings. The number of nitrogens with one attached hydrogen (secondary N) is 1. The maximum Gasteiger partial charge on any atom is 0.326 e. The minimum atomic E-state index is -0.984. The molecule has 1 aliphatic heterocycles. The molecule has 0 spiro atoms. The molecule has 3 unspecified atom stereocenters. The highest BCUT2D eigenvalue weighted by molar-refractivity contribution is 5.84. The minimum Gasteiger partial charge on any atom is -0.480 e. The van der Waals surface area contributed by atoms with Gasteiger partial charge < -0.3 is 15.2 Å². The van der Waals surface area contributed by atoms with Crippen LogP contribution in [0.2, 0.25) is 0 Å². The van der Waals surface area contributed by atoms with Crippen molar-refractivity contribution in [3.63, 3.8) is 0 Å². The minimum absolute atomic E-state index is 0.0997. The van der Waals surface area contributed by atoms with E-state index in [1.165, 1.54) is 5.56 Å². The zero-order valence-electron chi connectivity index (χ0n) is 14.5. The van der Waals surface area contributed by atoms with Gasteiger partial charge in [0.15, 0.2) is 0 Å². The van der Waals surface area contributed by atoms with Crippen LogP contribution in [0.5, 0.6) is 0 Å². The van der Waals surface area contributed by atoms with Gasteiger partial charge in [-0.3, -0.25) is 4.79 Å². The normalized spacial score (nSPS) is 20.2. The van der Waals surface area contributed by atoms with Gasteiger partial charge in [0, 0.05) is 18.9 Å². The molecular formula is C19H27NO4. The smallest absolute Gasteiger partial charge is 0.326 e. The van der Waals surface area contributed by atoms with Crippen LogP contribution in [0.3, 0.4) is 0 Å². The van der Waals surface area contributed by atoms with Gasteiger partial charge >= 0.3 is 5.97 Å². The summed E-state index contributed by atoms with van der Waals surface area (Å²) in [7, 11) is 0. The Morgan fingerprint density at radius 1 is 1.33 bits per heavy atom. The fourth-order valence-electron chi connectivity index (χ4n) is 3.20. The standard InChI is InChI=1S/C19H27NO4/c1-3-14(15-8-6-13(2)7-9-15)11-17(21)20-18(19(22)23)16-5-4-10-24-12-16/h6-9,14,16,18H,3-5,10-12H2,1-2H3,(H,20,21)(H,22,23). The van der Waals surface area contributed by atoms with E-state index in [1.54, 1.807) is 0 Å². The summed E-state index contributed by atoms with van der Waals surface area (Å²) in [4.78, 5) is 23.9. The third-order valence-corrected chi connectivity index (χ3v) is 4.72. The lowest BCUT2D eigenvalue weighted by atomic mass is 9.91. The van der Waals surface area contributed by atoms with E-state index in [2.05, 4.69) is 5.32 Å². The molecule has 132 valence electrons. The summed E-state index contributed by atoms with van der Waals surface area (Å²) in [5.74, 6) is -1.25. The van der Waals surface area contributed by atoms with Crippen molar-refractivity contribution in [3.8, 4) is 0 Å². The van der Waals surface area contributed by atoms with Gasteiger partial charge in [-0.05, 0) is 37.7 Å². The fraction of sp³-hybridized carbons (Fsp3) is 0.579. The Hall–Kier alpha value is -1.88. The molecule has 1 saturated heterocycles. The number of aryl methyl sites for hydroxylation is 1. The number of rotatable bonds is 7. The average Bonchev–Trinajstić information content (AvgIpc) is 2.59. The number of amides is 1.